The van der Waals surface area contributed by atoms with E-state index < -0.39 is 23.4 Å². The molecule has 0 N–H and O–H groups in total. The molecular weight excluding hydrogens is 470 g/mol. The van der Waals surface area contributed by atoms with Crippen LogP contribution in [0.15, 0.2) is 60.7 Å². The maximum Gasteiger partial charge on any atom is 0.343 e. The molecule has 2 saturated carbocycles. The van der Waals surface area contributed by atoms with Gasteiger partial charge in [0.05, 0.1) is 5.56 Å². The number of allylic oxidation sites excluding steroid dienone is 3. The van der Waals surface area contributed by atoms with Gasteiger partial charge in [0.1, 0.15) is 6.61 Å². The third kappa shape index (κ3) is 6.88. The summed E-state index contributed by atoms with van der Waals surface area (Å²) >= 11 is 0. The van der Waals surface area contributed by atoms with Gasteiger partial charge in [0.25, 0.3) is 0 Å². The second-order valence-corrected chi connectivity index (χ2v) is 10.4. The molecule has 0 amide bonds. The molecule has 2 aliphatic carbocycles. The van der Waals surface area contributed by atoms with Crippen LogP contribution in [-0.4, -0.2) is 12.6 Å². The molecule has 0 spiro atoms. The van der Waals surface area contributed by atoms with Gasteiger partial charge >= 0.3 is 5.97 Å². The van der Waals surface area contributed by atoms with Crippen LogP contribution in [0.3, 0.4) is 0 Å². The zero-order valence-electron chi connectivity index (χ0n) is 21.9. The maximum atomic E-state index is 14.4. The van der Waals surface area contributed by atoms with Gasteiger partial charge in [0, 0.05) is 0 Å². The Labute approximate surface area is 219 Å². The molecule has 0 heterocycles. The molecule has 198 valence electrons. The first-order valence-corrected chi connectivity index (χ1v) is 13.6. The Bertz CT molecular complexity index is 1110. The third-order valence-electron chi connectivity index (χ3n) is 8.10. The number of benzene rings is 2. The fourth-order valence-electron chi connectivity index (χ4n) is 6.04. The van der Waals surface area contributed by atoms with Crippen LogP contribution in [0.4, 0.5) is 8.78 Å². The van der Waals surface area contributed by atoms with Crippen LogP contribution in [0.5, 0.6) is 11.5 Å². The van der Waals surface area contributed by atoms with Gasteiger partial charge in [0.15, 0.2) is 11.5 Å². The molecule has 37 heavy (non-hydrogen) atoms. The molecule has 5 heteroatoms. The van der Waals surface area contributed by atoms with Gasteiger partial charge in [-0.2, -0.15) is 8.78 Å². The quantitative estimate of drug-likeness (QED) is 0.193. The molecule has 0 saturated heterocycles. The number of esters is 1. The van der Waals surface area contributed by atoms with Crippen molar-refractivity contribution in [2.45, 2.75) is 71.1 Å². The van der Waals surface area contributed by atoms with Crippen LogP contribution in [0.25, 0.3) is 0 Å². The molecule has 4 rings (SSSR count). The highest BCUT2D eigenvalue weighted by Gasteiger charge is 2.35. The number of hydrogen-bond acceptors (Lipinski definition) is 3. The van der Waals surface area contributed by atoms with Crippen molar-refractivity contribution in [3.05, 3.63) is 83.5 Å². The minimum Gasteiger partial charge on any atom is -0.486 e. The number of carbonyl (C=O) groups excluding carboxylic acids is 1. The van der Waals surface area contributed by atoms with Crippen LogP contribution in [0, 0.1) is 29.4 Å². The molecule has 0 radical (unpaired) electrons. The Morgan fingerprint density at radius 1 is 0.865 bits per heavy atom. The standard InChI is InChI=1S/C32H38F2O3/c1-3-5-7-8-22-9-10-27-21-26(16-15-25(27)20-22)23-11-13-24(14-12-23)32(35)37-29-18-17-28(30(33)31(29)34)36-19-6-4-2/h3-6,11-14,17-18,22,25-27H,7-10,15-16,19-21H2,1-2H3/b5-3+,6-4+. The molecule has 2 aromatic carbocycles. The number of ether oxygens (including phenoxy) is 2. The Balaban J connectivity index is 1.32. The topological polar surface area (TPSA) is 35.5 Å². The molecule has 0 aliphatic heterocycles. The van der Waals surface area contributed by atoms with Crippen molar-refractivity contribution in [1.29, 1.82) is 0 Å². The number of rotatable bonds is 9. The molecule has 4 unspecified atom stereocenters. The number of fused-ring (bicyclic) bond motifs is 1. The molecule has 3 nitrogen and oxygen atoms in total. The first kappa shape index (κ1) is 27.1. The number of halogens is 2. The van der Waals surface area contributed by atoms with E-state index in [2.05, 4.69) is 19.1 Å². The summed E-state index contributed by atoms with van der Waals surface area (Å²) in [4.78, 5) is 12.6. The number of carbonyl (C=O) groups is 1. The van der Waals surface area contributed by atoms with E-state index >= 15 is 0 Å². The summed E-state index contributed by atoms with van der Waals surface area (Å²) in [6.45, 7) is 4.02. The highest BCUT2D eigenvalue weighted by molar-refractivity contribution is 5.91. The van der Waals surface area contributed by atoms with Gasteiger partial charge in [-0.15, -0.1) is 0 Å². The second-order valence-electron chi connectivity index (χ2n) is 10.4. The minimum atomic E-state index is -1.24. The van der Waals surface area contributed by atoms with E-state index in [-0.39, 0.29) is 12.4 Å². The maximum absolute atomic E-state index is 14.4. The van der Waals surface area contributed by atoms with Crippen molar-refractivity contribution < 1.29 is 23.0 Å². The largest absolute Gasteiger partial charge is 0.486 e. The van der Waals surface area contributed by atoms with Crippen molar-refractivity contribution in [2.24, 2.45) is 17.8 Å². The summed E-state index contributed by atoms with van der Waals surface area (Å²) in [7, 11) is 0. The fraction of sp³-hybridized carbons (Fsp3) is 0.469. The Hall–Kier alpha value is -2.95. The summed E-state index contributed by atoms with van der Waals surface area (Å²) in [5, 5.41) is 0. The van der Waals surface area contributed by atoms with E-state index in [9.17, 15) is 13.6 Å². The van der Waals surface area contributed by atoms with E-state index in [1.54, 1.807) is 31.2 Å². The molecule has 2 aromatic rings. The first-order valence-electron chi connectivity index (χ1n) is 13.6. The lowest BCUT2D eigenvalue weighted by Gasteiger charge is -2.42. The lowest BCUT2D eigenvalue weighted by atomic mass is 9.63. The van der Waals surface area contributed by atoms with E-state index in [1.807, 2.05) is 12.1 Å². The zero-order valence-corrected chi connectivity index (χ0v) is 21.9. The Kier molecular flexibility index (Phi) is 9.54. The third-order valence-corrected chi connectivity index (χ3v) is 8.10. The summed E-state index contributed by atoms with van der Waals surface area (Å²) in [5.74, 6) is -0.779. The summed E-state index contributed by atoms with van der Waals surface area (Å²) in [6, 6.07) is 9.90. The average Bonchev–Trinajstić information content (AvgIpc) is 2.92. The zero-order chi connectivity index (χ0) is 26.2. The summed E-state index contributed by atoms with van der Waals surface area (Å²) in [6.07, 6.45) is 18.1. The Morgan fingerprint density at radius 3 is 2.30 bits per heavy atom. The van der Waals surface area contributed by atoms with Crippen LogP contribution in [0.2, 0.25) is 0 Å². The van der Waals surface area contributed by atoms with Crippen molar-refractivity contribution in [3.63, 3.8) is 0 Å². The van der Waals surface area contributed by atoms with Crippen LogP contribution in [-0.2, 0) is 0 Å². The predicted octanol–water partition coefficient (Wildman–Crippen LogP) is 8.80. The van der Waals surface area contributed by atoms with Gasteiger partial charge in [0.2, 0.25) is 11.6 Å². The minimum absolute atomic E-state index is 0.123. The molecule has 2 aliphatic rings. The molecule has 0 aromatic heterocycles. The van der Waals surface area contributed by atoms with Crippen LogP contribution < -0.4 is 9.47 Å². The monoisotopic (exact) mass is 508 g/mol. The molecule has 0 bridgehead atoms. The van der Waals surface area contributed by atoms with Crippen molar-refractivity contribution in [1.82, 2.24) is 0 Å². The van der Waals surface area contributed by atoms with E-state index in [0.29, 0.717) is 11.5 Å². The van der Waals surface area contributed by atoms with Crippen molar-refractivity contribution in [2.75, 3.05) is 6.61 Å². The van der Waals surface area contributed by atoms with Gasteiger partial charge in [-0.25, -0.2) is 4.79 Å². The summed E-state index contributed by atoms with van der Waals surface area (Å²) in [5.41, 5.74) is 1.55. The van der Waals surface area contributed by atoms with Gasteiger partial charge in [-0.1, -0.05) is 42.9 Å². The number of hydrogen-bond donors (Lipinski definition) is 0. The molecule has 2 fully saturated rings. The van der Waals surface area contributed by atoms with Crippen LogP contribution in [0.1, 0.15) is 87.1 Å². The summed E-state index contributed by atoms with van der Waals surface area (Å²) < 4.78 is 39.1. The van der Waals surface area contributed by atoms with Crippen LogP contribution >= 0.6 is 0 Å². The lowest BCUT2D eigenvalue weighted by molar-refractivity contribution is 0.0726. The normalized spacial score (nSPS) is 23.8. The van der Waals surface area contributed by atoms with E-state index in [1.165, 1.54) is 69.1 Å². The molecule has 4 atom stereocenters. The first-order chi connectivity index (χ1) is 18.0. The SMILES string of the molecule is C/C=C/CCC1CCC2CC(c3ccc(C(=O)Oc4ccc(OC/C=C/C)c(F)c4F)cc3)CCC2C1. The van der Waals surface area contributed by atoms with Crippen molar-refractivity contribution in [3.8, 4) is 11.5 Å². The highest BCUT2D eigenvalue weighted by atomic mass is 19.2. The Morgan fingerprint density at radius 2 is 1.54 bits per heavy atom. The predicted molar refractivity (Wildman–Crippen MR) is 143 cm³/mol. The fourth-order valence-corrected chi connectivity index (χ4v) is 6.04. The van der Waals surface area contributed by atoms with E-state index in [4.69, 9.17) is 9.47 Å². The van der Waals surface area contributed by atoms with Crippen molar-refractivity contribution >= 4 is 5.97 Å². The second kappa shape index (κ2) is 13.0. The smallest absolute Gasteiger partial charge is 0.343 e. The van der Waals surface area contributed by atoms with E-state index in [0.717, 1.165) is 17.8 Å². The molecular formula is C32H38F2O3. The van der Waals surface area contributed by atoms with Gasteiger partial charge in [-0.3, -0.25) is 0 Å². The van der Waals surface area contributed by atoms with Gasteiger partial charge in [-0.05, 0) is 112 Å². The van der Waals surface area contributed by atoms with Gasteiger partial charge < -0.3 is 9.47 Å². The lowest BCUT2D eigenvalue weighted by Crippen LogP contribution is -2.30. The highest BCUT2D eigenvalue weighted by Crippen LogP contribution is 2.48. The average molecular weight is 509 g/mol.